The Morgan fingerprint density at radius 2 is 0.352 bits per heavy atom. The smallest absolute Gasteiger partial charge is 0.0354 e. The summed E-state index contributed by atoms with van der Waals surface area (Å²) in [6, 6.07) is 0. The topological polar surface area (TPSA) is 0 Å². The maximum absolute atomic E-state index is 3.67. The van der Waals surface area contributed by atoms with E-state index < -0.39 is 0 Å². The summed E-state index contributed by atoms with van der Waals surface area (Å²) in [6.45, 7) is 91.3. The van der Waals surface area contributed by atoms with Crippen LogP contribution in [0.4, 0.5) is 0 Å². The molecule has 0 saturated carbocycles. The van der Waals surface area contributed by atoms with Crippen molar-refractivity contribution in [1.29, 1.82) is 0 Å². The van der Waals surface area contributed by atoms with Crippen LogP contribution in [0.15, 0.2) is 158 Å². The summed E-state index contributed by atoms with van der Waals surface area (Å²) in [5.74, 6) is 0. The predicted octanol–water partition coefficient (Wildman–Crippen LogP) is 21.1. The van der Waals surface area contributed by atoms with E-state index in [1.807, 2.05) is 151 Å². The lowest BCUT2D eigenvalue weighted by atomic mass is 10.3. The van der Waals surface area contributed by atoms with Crippen LogP contribution in [0.2, 0.25) is 0 Å². The van der Waals surface area contributed by atoms with Crippen molar-refractivity contribution < 1.29 is 0 Å². The van der Waals surface area contributed by atoms with E-state index in [4.69, 9.17) is 0 Å². The number of hydrogen-bond acceptors (Lipinski definition) is 0. The molecular formula is C54H106. The van der Waals surface area contributed by atoms with Gasteiger partial charge in [-0.1, -0.05) is 113 Å². The molecule has 322 valence electrons. The summed E-state index contributed by atoms with van der Waals surface area (Å²) in [7, 11) is 0. The van der Waals surface area contributed by atoms with Crippen molar-refractivity contribution in [3.63, 3.8) is 0 Å². The summed E-state index contributed by atoms with van der Waals surface area (Å²) in [4.78, 5) is 0. The third-order valence-electron chi connectivity index (χ3n) is 2.87. The van der Waals surface area contributed by atoms with E-state index in [1.165, 1.54) is 61.3 Å². The first-order valence-corrected chi connectivity index (χ1v) is 19.2. The molecule has 0 unspecified atom stereocenters. The van der Waals surface area contributed by atoms with Crippen LogP contribution in [-0.4, -0.2) is 0 Å². The van der Waals surface area contributed by atoms with Crippen molar-refractivity contribution in [3.8, 4) is 0 Å². The molecule has 0 aromatic carbocycles. The van der Waals surface area contributed by atoms with Gasteiger partial charge in [0.25, 0.3) is 0 Å². The summed E-state index contributed by atoms with van der Waals surface area (Å²) in [5, 5.41) is 0. The van der Waals surface area contributed by atoms with E-state index in [0.29, 0.717) is 0 Å². The zero-order chi connectivity index (χ0) is 47.2. The average molecular weight is 755 g/mol. The van der Waals surface area contributed by atoms with Gasteiger partial charge in [-0.05, 0) is 164 Å². The van der Waals surface area contributed by atoms with Crippen molar-refractivity contribution in [3.05, 3.63) is 158 Å². The van der Waals surface area contributed by atoms with Crippen molar-refractivity contribution in [1.82, 2.24) is 0 Å². The normalized spacial score (nSPS) is 7.26. The van der Waals surface area contributed by atoms with Crippen LogP contribution in [-0.2, 0) is 0 Å². The largest absolute Gasteiger partial charge is 0.100 e. The van der Waals surface area contributed by atoms with E-state index in [9.17, 15) is 0 Å². The molecule has 0 nitrogen and oxygen atoms in total. The van der Waals surface area contributed by atoms with Gasteiger partial charge >= 0.3 is 0 Å². The van der Waals surface area contributed by atoms with Crippen LogP contribution >= 0.6 is 0 Å². The van der Waals surface area contributed by atoms with Gasteiger partial charge in [0.1, 0.15) is 0 Å². The van der Waals surface area contributed by atoms with Crippen molar-refractivity contribution in [2.24, 2.45) is 0 Å². The Labute approximate surface area is 348 Å². The van der Waals surface area contributed by atoms with Crippen LogP contribution in [0.25, 0.3) is 0 Å². The van der Waals surface area contributed by atoms with E-state index in [1.54, 1.807) is 0 Å². The molecule has 0 fully saturated rings. The first-order valence-electron chi connectivity index (χ1n) is 19.2. The maximum atomic E-state index is 3.67. The lowest BCUT2D eigenvalue weighted by Gasteiger charge is -1.79. The van der Waals surface area contributed by atoms with Gasteiger partial charge in [-0.3, -0.25) is 0 Å². The van der Waals surface area contributed by atoms with Crippen LogP contribution in [0.1, 0.15) is 192 Å². The van der Waals surface area contributed by atoms with Gasteiger partial charge in [-0.25, -0.2) is 0 Å². The molecule has 0 N–H and O–H groups in total. The fraction of sp³-hybridized carbons (Fsp3) is 0.519. The monoisotopic (exact) mass is 755 g/mol. The molecule has 0 spiro atoms. The highest BCUT2D eigenvalue weighted by molar-refractivity contribution is 5.09. The highest BCUT2D eigenvalue weighted by Gasteiger charge is 1.69. The summed E-state index contributed by atoms with van der Waals surface area (Å²) in [6.07, 6.45) is 8.39. The molecule has 0 aliphatic rings. The SMILES string of the molecule is C=C(C)C.C=C(C)C.C=C(C)C.C=C(C)C.C=C(C)C.C=C(C)C.C=C(C)C.C=C(C)C=CC.C=C(C)CC.C=C(C)CC.C=C(C)CC.C=C(C)CC. The second-order valence-electron chi connectivity index (χ2n) is 15.0. The standard InChI is InChI=1S/C6H10.4C5H10.7C4H8/c1-4-5-6(2)3;4*1-4-5(2)3;7*1-4(2)3/h4-5H,2H2,1,3H3;4*2,4H2,1,3H3;7*1H2,2-3H3. The Bertz CT molecular complexity index is 773. The Morgan fingerprint density at radius 1 is 0.278 bits per heavy atom. The van der Waals surface area contributed by atoms with Gasteiger partial charge in [0.15, 0.2) is 0 Å². The fourth-order valence-corrected chi connectivity index (χ4v) is 0.285. The molecule has 0 aromatic heterocycles. The quantitative estimate of drug-likeness (QED) is 0.194. The lowest BCUT2D eigenvalue weighted by molar-refractivity contribution is 1.11. The van der Waals surface area contributed by atoms with Crippen LogP contribution < -0.4 is 0 Å². The van der Waals surface area contributed by atoms with Gasteiger partial charge < -0.3 is 0 Å². The molecule has 0 rings (SSSR count). The summed E-state index contributed by atoms with van der Waals surface area (Å²) in [5.41, 5.74) is 14.3. The first-order chi connectivity index (χ1) is 24.0. The molecule has 0 saturated heterocycles. The third kappa shape index (κ3) is 1900. The predicted molar refractivity (Wildman–Crippen MR) is 273 cm³/mol. The van der Waals surface area contributed by atoms with Crippen LogP contribution in [0.3, 0.4) is 0 Å². The molecule has 0 heterocycles. The number of allylic oxidation sites excluding steroid dienone is 14. The van der Waals surface area contributed by atoms with Crippen molar-refractivity contribution in [2.45, 2.75) is 192 Å². The third-order valence-corrected chi connectivity index (χ3v) is 2.87. The second-order valence-corrected chi connectivity index (χ2v) is 15.0. The van der Waals surface area contributed by atoms with Crippen molar-refractivity contribution in [2.75, 3.05) is 0 Å². The Hall–Kier alpha value is -3.38. The zero-order valence-electron chi connectivity index (χ0n) is 42.5. The molecule has 0 aromatic rings. The van der Waals surface area contributed by atoms with Crippen LogP contribution in [0.5, 0.6) is 0 Å². The van der Waals surface area contributed by atoms with Gasteiger partial charge in [0.2, 0.25) is 0 Å². The van der Waals surface area contributed by atoms with Crippen LogP contribution in [0, 0.1) is 0 Å². The van der Waals surface area contributed by atoms with Gasteiger partial charge in [-0.15, -0.1) is 72.4 Å². The Kier molecular flexibility index (Phi) is 122. The minimum absolute atomic E-state index is 1.11. The number of rotatable bonds is 5. The molecular weight excluding hydrogens is 649 g/mol. The molecule has 0 aliphatic heterocycles. The molecule has 0 bridgehead atoms. The molecule has 0 radical (unpaired) electrons. The Balaban J connectivity index is -0.0000000357. The molecule has 0 amide bonds. The van der Waals surface area contributed by atoms with E-state index in [-0.39, 0.29) is 0 Å². The zero-order valence-corrected chi connectivity index (χ0v) is 42.5. The minimum atomic E-state index is 1.11. The average Bonchev–Trinajstić information content (AvgIpc) is 2.92. The van der Waals surface area contributed by atoms with Crippen molar-refractivity contribution >= 4 is 0 Å². The van der Waals surface area contributed by atoms with Gasteiger partial charge in [0, 0.05) is 0 Å². The minimum Gasteiger partial charge on any atom is -0.100 e. The van der Waals surface area contributed by atoms with E-state index >= 15 is 0 Å². The molecule has 54 heavy (non-hydrogen) atoms. The maximum Gasteiger partial charge on any atom is -0.0354 e. The summed E-state index contributed by atoms with van der Waals surface area (Å²) < 4.78 is 0. The second kappa shape index (κ2) is 78.6. The highest BCUT2D eigenvalue weighted by Crippen LogP contribution is 1.90. The number of hydrogen-bond donors (Lipinski definition) is 0. The van der Waals surface area contributed by atoms with E-state index in [2.05, 4.69) is 107 Å². The molecule has 0 aliphatic carbocycles. The lowest BCUT2D eigenvalue weighted by Crippen LogP contribution is -1.58. The fourth-order valence-electron chi connectivity index (χ4n) is 0.285. The molecule has 0 heteroatoms. The van der Waals surface area contributed by atoms with Gasteiger partial charge in [0.05, 0.1) is 0 Å². The molecule has 0 atom stereocenters. The van der Waals surface area contributed by atoms with E-state index in [0.717, 1.165) is 31.3 Å². The van der Waals surface area contributed by atoms with Gasteiger partial charge in [-0.2, -0.15) is 0 Å². The highest BCUT2D eigenvalue weighted by atomic mass is 13.8. The Morgan fingerprint density at radius 3 is 0.352 bits per heavy atom. The summed E-state index contributed by atoms with van der Waals surface area (Å²) >= 11 is 0. The first kappa shape index (κ1) is 83.6.